The molecule has 4 nitrogen and oxygen atoms in total. The Bertz CT molecular complexity index is 388. The molecule has 0 unspecified atom stereocenters. The molecule has 20 heavy (non-hydrogen) atoms. The third-order valence-electron chi connectivity index (χ3n) is 3.34. The van der Waals surface area contributed by atoms with E-state index in [2.05, 4.69) is 33.0 Å². The third kappa shape index (κ3) is 4.75. The predicted molar refractivity (Wildman–Crippen MR) is 86.5 cm³/mol. The first-order valence-corrected chi connectivity index (χ1v) is 7.76. The lowest BCUT2D eigenvalue weighted by atomic mass is 10.0. The van der Waals surface area contributed by atoms with Crippen LogP contribution >= 0.6 is 0 Å². The minimum atomic E-state index is 0.693. The third-order valence-corrected chi connectivity index (χ3v) is 3.34. The summed E-state index contributed by atoms with van der Waals surface area (Å²) in [5.41, 5.74) is 3.75. The Morgan fingerprint density at radius 3 is 2.00 bits per heavy atom. The maximum absolute atomic E-state index is 4.70. The zero-order chi connectivity index (χ0) is 15.1. The van der Waals surface area contributed by atoms with Crippen LogP contribution in [0.4, 0.5) is 5.95 Å². The average Bonchev–Trinajstić information content (AvgIpc) is 2.42. The Balaban J connectivity index is 2.87. The van der Waals surface area contributed by atoms with Crippen molar-refractivity contribution in [1.29, 1.82) is 0 Å². The molecular weight excluding hydrogens is 248 g/mol. The van der Waals surface area contributed by atoms with E-state index in [1.165, 1.54) is 17.0 Å². The van der Waals surface area contributed by atoms with Crippen LogP contribution in [0.3, 0.4) is 0 Å². The highest BCUT2D eigenvalue weighted by Gasteiger charge is 2.13. The van der Waals surface area contributed by atoms with Gasteiger partial charge >= 0.3 is 0 Å². The highest BCUT2D eigenvalue weighted by Crippen LogP contribution is 2.17. The summed E-state index contributed by atoms with van der Waals surface area (Å²) in [5.74, 6) is 1.52. The van der Waals surface area contributed by atoms with Crippen molar-refractivity contribution in [3.05, 3.63) is 17.0 Å². The molecule has 0 spiro atoms. The Morgan fingerprint density at radius 2 is 1.60 bits per heavy atom. The Morgan fingerprint density at radius 1 is 1.05 bits per heavy atom. The zero-order valence-corrected chi connectivity index (χ0v) is 14.0. The van der Waals surface area contributed by atoms with Crippen LogP contribution in [0.15, 0.2) is 0 Å². The molecule has 0 saturated carbocycles. The zero-order valence-electron chi connectivity index (χ0n) is 14.0. The number of aryl methyl sites for hydroxylation is 2. The molecule has 4 heteroatoms. The molecule has 1 aromatic heterocycles. The van der Waals surface area contributed by atoms with Gasteiger partial charge in [0.15, 0.2) is 0 Å². The smallest absolute Gasteiger partial charge is 0.225 e. The van der Waals surface area contributed by atoms with Gasteiger partial charge in [0.2, 0.25) is 5.95 Å². The molecule has 0 aliphatic carbocycles. The van der Waals surface area contributed by atoms with E-state index in [0.717, 1.165) is 38.3 Å². The lowest BCUT2D eigenvalue weighted by molar-refractivity contribution is 0.552. The first kappa shape index (κ1) is 16.9. The molecule has 0 saturated heterocycles. The summed E-state index contributed by atoms with van der Waals surface area (Å²) in [6.45, 7) is 10.9. The van der Waals surface area contributed by atoms with Gasteiger partial charge in [-0.25, -0.2) is 9.97 Å². The number of anilines is 1. The van der Waals surface area contributed by atoms with Crippen molar-refractivity contribution in [2.45, 2.75) is 47.0 Å². The molecule has 0 amide bonds. The molecule has 114 valence electrons. The second kappa shape index (κ2) is 8.20. The van der Waals surface area contributed by atoms with E-state index in [9.17, 15) is 0 Å². The van der Waals surface area contributed by atoms with Crippen molar-refractivity contribution in [3.8, 4) is 0 Å². The van der Waals surface area contributed by atoms with E-state index < -0.39 is 0 Å². The Kier molecular flexibility index (Phi) is 6.93. The van der Waals surface area contributed by atoms with Crippen LogP contribution in [0.2, 0.25) is 0 Å². The van der Waals surface area contributed by atoms with Crippen LogP contribution in [-0.2, 0) is 19.3 Å². The van der Waals surface area contributed by atoms with Gasteiger partial charge in [-0.15, -0.1) is 0 Å². The number of hydrogen-bond acceptors (Lipinski definition) is 4. The minimum Gasteiger partial charge on any atom is -0.347 e. The molecule has 0 fully saturated rings. The summed E-state index contributed by atoms with van der Waals surface area (Å²) in [7, 11) is 4.00. The molecule has 1 heterocycles. The summed E-state index contributed by atoms with van der Waals surface area (Å²) in [4.78, 5) is 11.4. The fourth-order valence-corrected chi connectivity index (χ4v) is 2.25. The standard InChI is InChI=1S/C16H30N4/c1-7-14-13(9-10-17-11-12(3)4)15(8-2)19-16(18-14)20(5)6/h12,17H,7-11H2,1-6H3. The van der Waals surface area contributed by atoms with Crippen LogP contribution in [0, 0.1) is 5.92 Å². The first-order valence-electron chi connectivity index (χ1n) is 7.76. The number of aromatic nitrogens is 2. The first-order chi connectivity index (χ1) is 9.49. The average molecular weight is 278 g/mol. The van der Waals surface area contributed by atoms with Gasteiger partial charge in [-0.3, -0.25) is 0 Å². The summed E-state index contributed by atoms with van der Waals surface area (Å²) in [6, 6.07) is 0. The molecule has 0 aliphatic rings. The number of rotatable bonds is 8. The highest BCUT2D eigenvalue weighted by molar-refractivity contribution is 5.36. The van der Waals surface area contributed by atoms with Crippen LogP contribution in [-0.4, -0.2) is 37.2 Å². The summed E-state index contributed by atoms with van der Waals surface area (Å²) in [5, 5.41) is 3.51. The topological polar surface area (TPSA) is 41.1 Å². The molecule has 1 rings (SSSR count). The molecule has 0 radical (unpaired) electrons. The van der Waals surface area contributed by atoms with Gasteiger partial charge in [-0.05, 0) is 43.8 Å². The fraction of sp³-hybridized carbons (Fsp3) is 0.750. The van der Waals surface area contributed by atoms with Gasteiger partial charge in [-0.1, -0.05) is 27.7 Å². The minimum absolute atomic E-state index is 0.693. The predicted octanol–water partition coefficient (Wildman–Crippen LogP) is 2.46. The normalized spacial score (nSPS) is 11.2. The van der Waals surface area contributed by atoms with E-state index >= 15 is 0 Å². The van der Waals surface area contributed by atoms with E-state index in [4.69, 9.17) is 9.97 Å². The Labute approximate surface area is 124 Å². The summed E-state index contributed by atoms with van der Waals surface area (Å²) < 4.78 is 0. The maximum Gasteiger partial charge on any atom is 0.225 e. The van der Waals surface area contributed by atoms with Crippen molar-refractivity contribution in [3.63, 3.8) is 0 Å². The van der Waals surface area contributed by atoms with E-state index in [1.54, 1.807) is 0 Å². The van der Waals surface area contributed by atoms with Crippen LogP contribution < -0.4 is 10.2 Å². The van der Waals surface area contributed by atoms with E-state index in [1.807, 2.05) is 19.0 Å². The van der Waals surface area contributed by atoms with Crippen molar-refractivity contribution in [2.75, 3.05) is 32.1 Å². The fourth-order valence-electron chi connectivity index (χ4n) is 2.25. The number of nitrogens with zero attached hydrogens (tertiary/aromatic N) is 3. The van der Waals surface area contributed by atoms with Crippen molar-refractivity contribution in [1.82, 2.24) is 15.3 Å². The molecule has 0 aliphatic heterocycles. The van der Waals surface area contributed by atoms with Gasteiger partial charge in [-0.2, -0.15) is 0 Å². The lowest BCUT2D eigenvalue weighted by Crippen LogP contribution is -2.24. The maximum atomic E-state index is 4.70. The quantitative estimate of drug-likeness (QED) is 0.742. The molecular formula is C16H30N4. The van der Waals surface area contributed by atoms with Gasteiger partial charge < -0.3 is 10.2 Å². The van der Waals surface area contributed by atoms with Gasteiger partial charge in [0.05, 0.1) is 0 Å². The number of hydrogen-bond donors (Lipinski definition) is 1. The molecule has 1 aromatic rings. The SMILES string of the molecule is CCc1nc(N(C)C)nc(CC)c1CCNCC(C)C. The second-order valence-electron chi connectivity index (χ2n) is 5.85. The van der Waals surface area contributed by atoms with E-state index in [0.29, 0.717) is 5.92 Å². The second-order valence-corrected chi connectivity index (χ2v) is 5.85. The largest absolute Gasteiger partial charge is 0.347 e. The van der Waals surface area contributed by atoms with E-state index in [-0.39, 0.29) is 0 Å². The molecule has 0 aromatic carbocycles. The molecule has 0 atom stereocenters. The summed E-state index contributed by atoms with van der Waals surface area (Å²) in [6.07, 6.45) is 2.96. The van der Waals surface area contributed by atoms with Gasteiger partial charge in [0, 0.05) is 25.5 Å². The lowest BCUT2D eigenvalue weighted by Gasteiger charge is -2.17. The van der Waals surface area contributed by atoms with Crippen LogP contribution in [0.25, 0.3) is 0 Å². The van der Waals surface area contributed by atoms with Crippen molar-refractivity contribution >= 4 is 5.95 Å². The Hall–Kier alpha value is -1.16. The van der Waals surface area contributed by atoms with Gasteiger partial charge in [0.1, 0.15) is 0 Å². The monoisotopic (exact) mass is 278 g/mol. The van der Waals surface area contributed by atoms with Crippen molar-refractivity contribution in [2.24, 2.45) is 5.92 Å². The summed E-state index contributed by atoms with van der Waals surface area (Å²) >= 11 is 0. The molecule has 1 N–H and O–H groups in total. The van der Waals surface area contributed by atoms with Crippen LogP contribution in [0.5, 0.6) is 0 Å². The number of nitrogens with one attached hydrogen (secondary N) is 1. The van der Waals surface area contributed by atoms with Crippen LogP contribution in [0.1, 0.15) is 44.6 Å². The van der Waals surface area contributed by atoms with Crippen molar-refractivity contribution < 1.29 is 0 Å². The molecule has 0 bridgehead atoms. The highest BCUT2D eigenvalue weighted by atomic mass is 15.2. The van der Waals surface area contributed by atoms with Gasteiger partial charge in [0.25, 0.3) is 0 Å².